The lowest BCUT2D eigenvalue weighted by Gasteiger charge is -2.07. The summed E-state index contributed by atoms with van der Waals surface area (Å²) in [4.78, 5) is 4.05. The molecule has 1 aromatic carbocycles. The van der Waals surface area contributed by atoms with E-state index in [1.807, 2.05) is 12.1 Å². The van der Waals surface area contributed by atoms with E-state index in [9.17, 15) is 0 Å². The molecule has 0 aliphatic carbocycles. The predicted octanol–water partition coefficient (Wildman–Crippen LogP) is 3.55. The maximum atomic E-state index is 5.53. The summed E-state index contributed by atoms with van der Waals surface area (Å²) >= 11 is 7.06. The van der Waals surface area contributed by atoms with Crippen molar-refractivity contribution in [3.63, 3.8) is 0 Å². The molecule has 0 saturated heterocycles. The van der Waals surface area contributed by atoms with E-state index in [1.165, 1.54) is 11.3 Å². The van der Waals surface area contributed by atoms with Gasteiger partial charge in [-0.25, -0.2) is 4.98 Å². The van der Waals surface area contributed by atoms with Crippen molar-refractivity contribution in [1.82, 2.24) is 4.98 Å². The molecule has 0 atom stereocenters. The molecule has 0 unspecified atom stereocenters. The number of hydrogen-bond donors (Lipinski definition) is 2. The van der Waals surface area contributed by atoms with Crippen LogP contribution in [0.2, 0.25) is 0 Å². The number of aromatic nitrogens is 1. The molecule has 0 saturated carbocycles. The number of nitrogens with two attached hydrogens (primary N) is 1. The minimum absolute atomic E-state index is 0.484. The van der Waals surface area contributed by atoms with Crippen molar-refractivity contribution in [1.29, 1.82) is 0 Å². The van der Waals surface area contributed by atoms with Gasteiger partial charge >= 0.3 is 0 Å². The van der Waals surface area contributed by atoms with E-state index < -0.39 is 0 Å². The normalized spacial score (nSPS) is 10.9. The number of benzene rings is 1. The number of rotatable bonds is 4. The second-order valence-electron chi connectivity index (χ2n) is 3.46. The lowest BCUT2D eigenvalue weighted by atomic mass is 10.2. The number of nitrogens with zero attached hydrogens (tertiary/aromatic N) is 2. The number of hydrogen-bond acceptors (Lipinski definition) is 6. The van der Waals surface area contributed by atoms with Crippen LogP contribution in [0.25, 0.3) is 0 Å². The SMILES string of the molecule is COc1c(I)cc(Br)cc1C=NNc1nc(N)cs1. The Hall–Kier alpha value is -0.870. The molecule has 0 bridgehead atoms. The smallest absolute Gasteiger partial charge is 0.205 e. The van der Waals surface area contributed by atoms with E-state index in [1.54, 1.807) is 18.7 Å². The molecule has 0 radical (unpaired) electrons. The standard InChI is InChI=1S/C11H10BrIN4OS/c1-18-10-6(2-7(12)3-8(10)13)4-15-17-11-16-9(14)5-19-11/h2-5H,14H2,1H3,(H,16,17). The van der Waals surface area contributed by atoms with Gasteiger partial charge in [-0.05, 0) is 34.7 Å². The minimum atomic E-state index is 0.484. The Bertz CT molecular complexity index is 617. The number of ether oxygens (including phenoxy) is 1. The van der Waals surface area contributed by atoms with Crippen LogP contribution in [-0.2, 0) is 0 Å². The monoisotopic (exact) mass is 452 g/mol. The van der Waals surface area contributed by atoms with Crippen LogP contribution >= 0.6 is 49.9 Å². The molecule has 3 N–H and O–H groups in total. The predicted molar refractivity (Wildman–Crippen MR) is 91.2 cm³/mol. The van der Waals surface area contributed by atoms with Gasteiger partial charge in [0.2, 0.25) is 5.13 Å². The first-order valence-electron chi connectivity index (χ1n) is 5.13. The zero-order chi connectivity index (χ0) is 13.8. The van der Waals surface area contributed by atoms with Gasteiger partial charge in [0, 0.05) is 15.4 Å². The third kappa shape index (κ3) is 3.80. The Morgan fingerprint density at radius 1 is 1.58 bits per heavy atom. The average molecular weight is 453 g/mol. The number of thiazole rings is 1. The van der Waals surface area contributed by atoms with Crippen LogP contribution in [0.15, 0.2) is 27.1 Å². The molecule has 100 valence electrons. The molecule has 1 aromatic heterocycles. The Kier molecular flexibility index (Phi) is 4.99. The third-order valence-corrected chi connectivity index (χ3v) is 4.15. The van der Waals surface area contributed by atoms with E-state index in [4.69, 9.17) is 10.5 Å². The molecule has 0 fully saturated rings. The van der Waals surface area contributed by atoms with E-state index in [2.05, 4.69) is 54.0 Å². The summed E-state index contributed by atoms with van der Waals surface area (Å²) in [5.74, 6) is 1.27. The molecule has 1 heterocycles. The number of halogens is 2. The van der Waals surface area contributed by atoms with Gasteiger partial charge in [0.15, 0.2) is 0 Å². The maximum Gasteiger partial charge on any atom is 0.205 e. The minimum Gasteiger partial charge on any atom is -0.495 e. The average Bonchev–Trinajstić information content (AvgIpc) is 2.74. The van der Waals surface area contributed by atoms with E-state index in [0.29, 0.717) is 10.9 Å². The number of methoxy groups -OCH3 is 1. The first-order valence-corrected chi connectivity index (χ1v) is 7.88. The lowest BCUT2D eigenvalue weighted by Crippen LogP contribution is -1.96. The molecule has 0 spiro atoms. The van der Waals surface area contributed by atoms with Gasteiger partial charge in [-0.3, -0.25) is 5.43 Å². The van der Waals surface area contributed by atoms with E-state index >= 15 is 0 Å². The number of anilines is 2. The zero-order valence-corrected chi connectivity index (χ0v) is 14.4. The van der Waals surface area contributed by atoms with Gasteiger partial charge in [0.25, 0.3) is 0 Å². The second kappa shape index (κ2) is 6.53. The van der Waals surface area contributed by atoms with Gasteiger partial charge in [-0.1, -0.05) is 15.9 Å². The van der Waals surface area contributed by atoms with Gasteiger partial charge in [-0.15, -0.1) is 11.3 Å². The van der Waals surface area contributed by atoms with Crippen LogP contribution < -0.4 is 15.9 Å². The molecule has 0 aliphatic heterocycles. The van der Waals surface area contributed by atoms with Crippen molar-refractivity contribution in [2.45, 2.75) is 0 Å². The molecular weight excluding hydrogens is 443 g/mol. The summed E-state index contributed by atoms with van der Waals surface area (Å²) < 4.78 is 7.34. The summed E-state index contributed by atoms with van der Waals surface area (Å²) in [6, 6.07) is 3.91. The maximum absolute atomic E-state index is 5.53. The van der Waals surface area contributed by atoms with Crippen LogP contribution in [-0.4, -0.2) is 18.3 Å². The fourth-order valence-corrected chi connectivity index (χ4v) is 3.71. The lowest BCUT2D eigenvalue weighted by molar-refractivity contribution is 0.411. The van der Waals surface area contributed by atoms with Crippen LogP contribution in [0.5, 0.6) is 5.75 Å². The first kappa shape index (κ1) is 14.5. The van der Waals surface area contributed by atoms with Gasteiger partial charge in [-0.2, -0.15) is 5.10 Å². The Labute approximate surface area is 136 Å². The summed E-state index contributed by atoms with van der Waals surface area (Å²) in [5, 5.41) is 6.53. The molecule has 2 aromatic rings. The second-order valence-corrected chi connectivity index (χ2v) is 6.39. The van der Waals surface area contributed by atoms with Gasteiger partial charge < -0.3 is 10.5 Å². The first-order chi connectivity index (χ1) is 9.10. The molecule has 0 amide bonds. The number of hydrazone groups is 1. The molecule has 5 nitrogen and oxygen atoms in total. The van der Waals surface area contributed by atoms with E-state index in [0.717, 1.165) is 19.4 Å². The third-order valence-electron chi connectivity index (χ3n) is 2.13. The summed E-state index contributed by atoms with van der Waals surface area (Å²) in [6.45, 7) is 0. The Balaban J connectivity index is 2.18. The molecular formula is C11H10BrIN4OS. The fraction of sp³-hybridized carbons (Fsp3) is 0.0909. The topological polar surface area (TPSA) is 72.5 Å². The molecule has 0 aliphatic rings. The quantitative estimate of drug-likeness (QED) is 0.422. The van der Waals surface area contributed by atoms with E-state index in [-0.39, 0.29) is 0 Å². The largest absolute Gasteiger partial charge is 0.495 e. The Morgan fingerprint density at radius 2 is 2.37 bits per heavy atom. The van der Waals surface area contributed by atoms with Crippen LogP contribution in [0.3, 0.4) is 0 Å². The van der Waals surface area contributed by atoms with Gasteiger partial charge in [0.1, 0.15) is 11.6 Å². The van der Waals surface area contributed by atoms with Crippen LogP contribution in [0.1, 0.15) is 5.56 Å². The number of nitrogens with one attached hydrogen (secondary N) is 1. The molecule has 8 heteroatoms. The van der Waals surface area contributed by atoms with Crippen molar-refractivity contribution >= 4 is 67.0 Å². The number of nitrogen functional groups attached to an aromatic ring is 1. The highest BCUT2D eigenvalue weighted by Gasteiger charge is 2.07. The zero-order valence-electron chi connectivity index (χ0n) is 9.85. The summed E-state index contributed by atoms with van der Waals surface area (Å²) in [7, 11) is 1.64. The van der Waals surface area contributed by atoms with Gasteiger partial charge in [0.05, 0.1) is 16.9 Å². The summed E-state index contributed by atoms with van der Waals surface area (Å²) in [5.41, 5.74) is 9.23. The highest BCUT2D eigenvalue weighted by atomic mass is 127. The Morgan fingerprint density at radius 3 is 3.00 bits per heavy atom. The van der Waals surface area contributed by atoms with Crippen molar-refractivity contribution < 1.29 is 4.74 Å². The molecule has 2 rings (SSSR count). The van der Waals surface area contributed by atoms with Crippen molar-refractivity contribution in [2.75, 3.05) is 18.3 Å². The van der Waals surface area contributed by atoms with Crippen molar-refractivity contribution in [3.05, 3.63) is 31.1 Å². The highest BCUT2D eigenvalue weighted by Crippen LogP contribution is 2.28. The summed E-state index contributed by atoms with van der Waals surface area (Å²) in [6.07, 6.45) is 1.68. The van der Waals surface area contributed by atoms with Crippen molar-refractivity contribution in [3.8, 4) is 5.75 Å². The molecule has 19 heavy (non-hydrogen) atoms. The fourth-order valence-electron chi connectivity index (χ4n) is 1.39. The van der Waals surface area contributed by atoms with Crippen molar-refractivity contribution in [2.24, 2.45) is 5.10 Å². The van der Waals surface area contributed by atoms with Crippen LogP contribution in [0.4, 0.5) is 10.9 Å². The highest BCUT2D eigenvalue weighted by molar-refractivity contribution is 14.1. The van der Waals surface area contributed by atoms with Crippen LogP contribution in [0, 0.1) is 3.57 Å².